The van der Waals surface area contributed by atoms with E-state index in [1.165, 1.54) is 29.8 Å². The zero-order valence-electron chi connectivity index (χ0n) is 11.6. The highest BCUT2D eigenvalue weighted by Crippen LogP contribution is 2.29. The van der Waals surface area contributed by atoms with Crippen molar-refractivity contribution < 1.29 is 14.6 Å². The Kier molecular flexibility index (Phi) is 3.84. The zero-order valence-corrected chi connectivity index (χ0v) is 12.4. The predicted octanol–water partition coefficient (Wildman–Crippen LogP) is 2.71. The number of hydrogen-bond donors (Lipinski definition) is 2. The lowest BCUT2D eigenvalue weighted by Gasteiger charge is -2.09. The molecule has 3 rings (SSSR count). The van der Waals surface area contributed by atoms with Gasteiger partial charge in [-0.25, -0.2) is 19.7 Å². The molecular formula is C14H12N4O3S. The first kappa shape index (κ1) is 14.2. The molecule has 2 aromatic heterocycles. The molecule has 0 aliphatic rings. The van der Waals surface area contributed by atoms with Gasteiger partial charge in [-0.1, -0.05) is 0 Å². The zero-order chi connectivity index (χ0) is 15.5. The minimum absolute atomic E-state index is 0.0753. The Hall–Kier alpha value is -2.74. The normalized spacial score (nSPS) is 10.6. The van der Waals surface area contributed by atoms with E-state index in [-0.39, 0.29) is 17.9 Å². The van der Waals surface area contributed by atoms with Crippen LogP contribution in [-0.2, 0) is 4.74 Å². The maximum absolute atomic E-state index is 11.9. The fourth-order valence-electron chi connectivity index (χ4n) is 1.95. The van der Waals surface area contributed by atoms with E-state index in [0.717, 1.165) is 0 Å². The van der Waals surface area contributed by atoms with E-state index in [2.05, 4.69) is 20.3 Å². The van der Waals surface area contributed by atoms with Gasteiger partial charge in [0.1, 0.15) is 23.5 Å². The van der Waals surface area contributed by atoms with Gasteiger partial charge in [0.2, 0.25) is 0 Å². The van der Waals surface area contributed by atoms with Gasteiger partial charge < -0.3 is 15.2 Å². The predicted molar refractivity (Wildman–Crippen MR) is 82.6 cm³/mol. The Morgan fingerprint density at radius 1 is 1.36 bits per heavy atom. The molecule has 22 heavy (non-hydrogen) atoms. The minimum atomic E-state index is -0.592. The molecule has 0 saturated heterocycles. The number of rotatable bonds is 4. The highest BCUT2D eigenvalue weighted by Gasteiger charge is 2.16. The van der Waals surface area contributed by atoms with Crippen LogP contribution >= 0.6 is 11.3 Å². The fraction of sp³-hybridized carbons (Fsp3) is 0.143. The number of hydrogen-bond acceptors (Lipinski definition) is 8. The molecule has 0 fully saturated rings. The van der Waals surface area contributed by atoms with E-state index in [1.807, 2.05) is 5.38 Å². The molecule has 0 spiro atoms. The molecule has 0 aliphatic carbocycles. The van der Waals surface area contributed by atoms with Crippen molar-refractivity contribution in [2.45, 2.75) is 6.92 Å². The van der Waals surface area contributed by atoms with Crippen molar-refractivity contribution in [1.29, 1.82) is 0 Å². The lowest BCUT2D eigenvalue weighted by atomic mass is 10.1. The molecule has 3 aromatic rings. The Bertz CT molecular complexity index is 820. The van der Waals surface area contributed by atoms with Crippen LogP contribution in [-0.4, -0.2) is 32.6 Å². The second kappa shape index (κ2) is 5.94. The van der Waals surface area contributed by atoms with E-state index in [4.69, 9.17) is 4.74 Å². The minimum Gasteiger partial charge on any atom is -0.507 e. The van der Waals surface area contributed by atoms with Crippen LogP contribution in [0.4, 0.5) is 10.9 Å². The summed E-state index contributed by atoms with van der Waals surface area (Å²) in [5.41, 5.74) is 0.589. The number of aromatic hydroxyl groups is 1. The summed E-state index contributed by atoms with van der Waals surface area (Å²) in [5.74, 6) is -0.263. The molecular weight excluding hydrogens is 304 g/mol. The van der Waals surface area contributed by atoms with Gasteiger partial charge in [-0.3, -0.25) is 0 Å². The molecule has 8 heteroatoms. The number of nitrogens with zero attached hydrogens (tertiary/aromatic N) is 3. The Labute approximate surface area is 129 Å². The van der Waals surface area contributed by atoms with Crippen molar-refractivity contribution in [2.24, 2.45) is 0 Å². The summed E-state index contributed by atoms with van der Waals surface area (Å²) >= 11 is 1.42. The summed E-state index contributed by atoms with van der Waals surface area (Å²) in [7, 11) is 0. The van der Waals surface area contributed by atoms with Crippen LogP contribution in [0.3, 0.4) is 0 Å². The van der Waals surface area contributed by atoms with E-state index in [1.54, 1.807) is 13.1 Å². The maximum atomic E-state index is 11.9. The second-order valence-electron chi connectivity index (χ2n) is 4.29. The van der Waals surface area contributed by atoms with Crippen LogP contribution < -0.4 is 5.32 Å². The molecule has 0 aliphatic heterocycles. The number of benzene rings is 1. The molecule has 2 N–H and O–H groups in total. The van der Waals surface area contributed by atoms with Gasteiger partial charge in [0.25, 0.3) is 0 Å². The van der Waals surface area contributed by atoms with Gasteiger partial charge >= 0.3 is 5.97 Å². The van der Waals surface area contributed by atoms with Gasteiger partial charge in [0, 0.05) is 23.0 Å². The number of anilines is 2. The molecule has 0 bridgehead atoms. The summed E-state index contributed by atoms with van der Waals surface area (Å²) in [5, 5.41) is 16.1. The van der Waals surface area contributed by atoms with Gasteiger partial charge in [-0.05, 0) is 13.0 Å². The van der Waals surface area contributed by atoms with Crippen LogP contribution in [0.1, 0.15) is 17.3 Å². The number of phenols is 1. The SMILES string of the molecule is CCOC(=O)c1cc2c(Nc3nccs3)ncnc2cc1O. The number of thiazole rings is 1. The van der Waals surface area contributed by atoms with Crippen molar-refractivity contribution in [2.75, 3.05) is 11.9 Å². The molecule has 1 aromatic carbocycles. The lowest BCUT2D eigenvalue weighted by Crippen LogP contribution is -2.05. The Morgan fingerprint density at radius 2 is 2.23 bits per heavy atom. The first-order valence-electron chi connectivity index (χ1n) is 6.50. The highest BCUT2D eigenvalue weighted by molar-refractivity contribution is 7.13. The van der Waals surface area contributed by atoms with Crippen molar-refractivity contribution in [1.82, 2.24) is 15.0 Å². The number of fused-ring (bicyclic) bond motifs is 1. The number of nitrogens with one attached hydrogen (secondary N) is 1. The van der Waals surface area contributed by atoms with Gasteiger partial charge in [-0.2, -0.15) is 0 Å². The molecule has 112 valence electrons. The monoisotopic (exact) mass is 316 g/mol. The van der Waals surface area contributed by atoms with E-state index in [0.29, 0.717) is 21.9 Å². The molecule has 0 saturated carbocycles. The summed E-state index contributed by atoms with van der Waals surface area (Å²) in [4.78, 5) is 24.3. The first-order valence-corrected chi connectivity index (χ1v) is 7.38. The fourth-order valence-corrected chi connectivity index (χ4v) is 2.48. The largest absolute Gasteiger partial charge is 0.507 e. The van der Waals surface area contributed by atoms with Gasteiger partial charge in [0.05, 0.1) is 12.1 Å². The molecule has 2 heterocycles. The maximum Gasteiger partial charge on any atom is 0.341 e. The van der Waals surface area contributed by atoms with Crippen LogP contribution in [0.2, 0.25) is 0 Å². The highest BCUT2D eigenvalue weighted by atomic mass is 32.1. The average Bonchev–Trinajstić information content (AvgIpc) is 3.00. The van der Waals surface area contributed by atoms with E-state index >= 15 is 0 Å². The van der Waals surface area contributed by atoms with Gasteiger partial charge in [-0.15, -0.1) is 11.3 Å². The number of esters is 1. The molecule has 0 atom stereocenters. The number of ether oxygens (including phenoxy) is 1. The summed E-state index contributed by atoms with van der Waals surface area (Å²) in [6.45, 7) is 1.93. The van der Waals surface area contributed by atoms with E-state index < -0.39 is 5.97 Å². The standard InChI is InChI=1S/C14H12N4O3S/c1-2-21-13(20)9-5-8-10(6-11(9)19)16-7-17-12(8)18-14-15-3-4-22-14/h3-7,19H,2H2,1H3,(H,15,16,17,18). The number of phenolic OH excluding ortho intramolecular Hbond substituents is 1. The first-order chi connectivity index (χ1) is 10.7. The Balaban J connectivity index is 2.09. The van der Waals surface area contributed by atoms with Crippen molar-refractivity contribution in [3.05, 3.63) is 35.6 Å². The smallest absolute Gasteiger partial charge is 0.341 e. The second-order valence-corrected chi connectivity index (χ2v) is 5.19. The molecule has 0 unspecified atom stereocenters. The molecule has 7 nitrogen and oxygen atoms in total. The molecule has 0 amide bonds. The third kappa shape index (κ3) is 2.68. The van der Waals surface area contributed by atoms with Crippen LogP contribution in [0.25, 0.3) is 10.9 Å². The van der Waals surface area contributed by atoms with Crippen LogP contribution in [0.15, 0.2) is 30.0 Å². The van der Waals surface area contributed by atoms with E-state index in [9.17, 15) is 9.90 Å². The number of carbonyl (C=O) groups excluding carboxylic acids is 1. The van der Waals surface area contributed by atoms with Crippen molar-refractivity contribution in [3.63, 3.8) is 0 Å². The number of carbonyl (C=O) groups is 1. The van der Waals surface area contributed by atoms with Crippen LogP contribution in [0.5, 0.6) is 5.75 Å². The summed E-state index contributed by atoms with van der Waals surface area (Å²) in [6, 6.07) is 2.93. The number of aromatic nitrogens is 3. The molecule has 0 radical (unpaired) electrons. The summed E-state index contributed by atoms with van der Waals surface area (Å²) < 4.78 is 4.93. The lowest BCUT2D eigenvalue weighted by molar-refractivity contribution is 0.0523. The third-order valence-electron chi connectivity index (χ3n) is 2.91. The topological polar surface area (TPSA) is 97.2 Å². The van der Waals surface area contributed by atoms with Crippen molar-refractivity contribution in [3.8, 4) is 5.75 Å². The third-order valence-corrected chi connectivity index (χ3v) is 3.59. The Morgan fingerprint density at radius 3 is 2.95 bits per heavy atom. The summed E-state index contributed by atoms with van der Waals surface area (Å²) in [6.07, 6.45) is 3.05. The average molecular weight is 316 g/mol. The van der Waals surface area contributed by atoms with Crippen LogP contribution in [0, 0.1) is 0 Å². The quantitative estimate of drug-likeness (QED) is 0.714. The van der Waals surface area contributed by atoms with Gasteiger partial charge in [0.15, 0.2) is 5.13 Å². The van der Waals surface area contributed by atoms with Crippen molar-refractivity contribution >= 4 is 39.2 Å².